The fourth-order valence-electron chi connectivity index (χ4n) is 3.63. The molecular weight excluding hydrogens is 441 g/mol. The first-order valence-electron chi connectivity index (χ1n) is 10.1. The summed E-state index contributed by atoms with van der Waals surface area (Å²) < 4.78 is 48.5. The molecule has 0 radical (unpaired) electrons. The summed E-state index contributed by atoms with van der Waals surface area (Å²) in [5.74, 6) is -2.40. The van der Waals surface area contributed by atoms with Gasteiger partial charge in [-0.3, -0.25) is 13.9 Å². The van der Waals surface area contributed by atoms with E-state index in [1.54, 1.807) is 0 Å². The summed E-state index contributed by atoms with van der Waals surface area (Å²) in [5, 5.41) is 12.1. The van der Waals surface area contributed by atoms with Gasteiger partial charge in [0.2, 0.25) is 0 Å². The maximum absolute atomic E-state index is 13.7. The molecule has 0 saturated heterocycles. The maximum Gasteiger partial charge on any atom is 0.332 e. The second-order valence-corrected chi connectivity index (χ2v) is 7.52. The Bertz CT molecular complexity index is 1290. The van der Waals surface area contributed by atoms with E-state index in [1.165, 1.54) is 46.8 Å². The van der Waals surface area contributed by atoms with E-state index < -0.39 is 35.1 Å². The lowest BCUT2D eigenvalue weighted by molar-refractivity contribution is 0.226. The van der Waals surface area contributed by atoms with Gasteiger partial charge in [-0.1, -0.05) is 12.1 Å². The summed E-state index contributed by atoms with van der Waals surface area (Å²) in [6, 6.07) is 8.62. The van der Waals surface area contributed by atoms with Crippen LogP contribution in [0.3, 0.4) is 0 Å². The molecule has 0 fully saturated rings. The van der Waals surface area contributed by atoms with E-state index in [2.05, 4.69) is 5.32 Å². The third-order valence-corrected chi connectivity index (χ3v) is 5.30. The number of aromatic nitrogens is 2. The van der Waals surface area contributed by atoms with Gasteiger partial charge >= 0.3 is 5.69 Å². The minimum Gasteiger partial charge on any atom is -0.452 e. The highest BCUT2D eigenvalue weighted by Gasteiger charge is 2.36. The van der Waals surface area contributed by atoms with E-state index in [0.29, 0.717) is 5.56 Å². The smallest absolute Gasteiger partial charge is 0.332 e. The Kier molecular flexibility index (Phi) is 6.14. The molecule has 0 saturated carbocycles. The largest absolute Gasteiger partial charge is 0.452 e. The number of rotatable bonds is 7. The molecule has 1 aromatic heterocycles. The number of anilines is 2. The molecule has 8 nitrogen and oxygen atoms in total. The van der Waals surface area contributed by atoms with E-state index in [-0.39, 0.29) is 43.4 Å². The summed E-state index contributed by atoms with van der Waals surface area (Å²) in [6.45, 7) is -0.109. The van der Waals surface area contributed by atoms with Crippen LogP contribution in [-0.2, 0) is 20.1 Å². The van der Waals surface area contributed by atoms with Gasteiger partial charge in [-0.15, -0.1) is 0 Å². The molecule has 33 heavy (non-hydrogen) atoms. The highest BCUT2D eigenvalue weighted by molar-refractivity contribution is 5.71. The molecule has 4 rings (SSSR count). The van der Waals surface area contributed by atoms with Gasteiger partial charge in [0.1, 0.15) is 23.1 Å². The third-order valence-electron chi connectivity index (χ3n) is 5.30. The summed E-state index contributed by atoms with van der Waals surface area (Å²) in [7, 11) is 1.47. The quantitative estimate of drug-likeness (QED) is 0.560. The Morgan fingerprint density at radius 3 is 2.45 bits per heavy atom. The van der Waals surface area contributed by atoms with Crippen molar-refractivity contribution in [2.24, 2.45) is 7.05 Å². The molecule has 0 amide bonds. The zero-order valence-electron chi connectivity index (χ0n) is 17.6. The van der Waals surface area contributed by atoms with Gasteiger partial charge in [-0.25, -0.2) is 18.0 Å². The average molecular weight is 462 g/mol. The van der Waals surface area contributed by atoms with Crippen LogP contribution < -0.4 is 26.2 Å². The van der Waals surface area contributed by atoms with E-state index in [4.69, 9.17) is 9.84 Å². The average Bonchev–Trinajstić information content (AvgIpc) is 3.14. The van der Waals surface area contributed by atoms with Crippen molar-refractivity contribution >= 4 is 11.5 Å². The number of hydrogen-bond donors (Lipinski definition) is 2. The van der Waals surface area contributed by atoms with E-state index in [1.807, 2.05) is 0 Å². The predicted octanol–water partition coefficient (Wildman–Crippen LogP) is 2.14. The second kappa shape index (κ2) is 9.02. The monoisotopic (exact) mass is 462 g/mol. The van der Waals surface area contributed by atoms with Gasteiger partial charge in [-0.05, 0) is 36.2 Å². The van der Waals surface area contributed by atoms with Gasteiger partial charge < -0.3 is 20.1 Å². The van der Waals surface area contributed by atoms with Crippen LogP contribution in [0.2, 0.25) is 0 Å². The van der Waals surface area contributed by atoms with Gasteiger partial charge in [0, 0.05) is 32.8 Å². The Balaban J connectivity index is 1.78. The van der Waals surface area contributed by atoms with Crippen molar-refractivity contribution in [2.45, 2.75) is 25.9 Å². The zero-order chi connectivity index (χ0) is 23.7. The van der Waals surface area contributed by atoms with Crippen LogP contribution >= 0.6 is 0 Å². The van der Waals surface area contributed by atoms with Crippen molar-refractivity contribution in [3.63, 3.8) is 0 Å². The van der Waals surface area contributed by atoms with Crippen LogP contribution in [0.25, 0.3) is 0 Å². The highest BCUT2D eigenvalue weighted by atomic mass is 19.2. The lowest BCUT2D eigenvalue weighted by atomic mass is 10.2. The summed E-state index contributed by atoms with van der Waals surface area (Å²) in [4.78, 5) is 27.5. The maximum atomic E-state index is 13.7. The molecule has 0 spiro atoms. The summed E-state index contributed by atoms with van der Waals surface area (Å²) in [5.41, 5.74) is -0.436. The molecule has 2 heterocycles. The fraction of sp³-hybridized carbons (Fsp3) is 0.273. The first-order valence-corrected chi connectivity index (χ1v) is 10.1. The van der Waals surface area contributed by atoms with Crippen LogP contribution in [0.5, 0.6) is 5.75 Å². The number of aliphatic hydroxyl groups excluding tert-OH is 1. The molecule has 11 heteroatoms. The van der Waals surface area contributed by atoms with Crippen molar-refractivity contribution in [2.75, 3.05) is 16.8 Å². The van der Waals surface area contributed by atoms with Crippen LogP contribution in [-0.4, -0.2) is 27.2 Å². The van der Waals surface area contributed by atoms with Gasteiger partial charge in [0.05, 0.1) is 0 Å². The number of nitrogens with zero attached hydrogens (tertiary/aromatic N) is 3. The first-order chi connectivity index (χ1) is 15.8. The Morgan fingerprint density at radius 1 is 1.06 bits per heavy atom. The van der Waals surface area contributed by atoms with Crippen molar-refractivity contribution in [3.05, 3.63) is 86.3 Å². The number of fused-ring (bicyclic) bond motifs is 1. The molecule has 1 atom stereocenters. The zero-order valence-corrected chi connectivity index (χ0v) is 17.6. The van der Waals surface area contributed by atoms with Crippen LogP contribution in [0, 0.1) is 17.5 Å². The van der Waals surface area contributed by atoms with Crippen LogP contribution in [0.1, 0.15) is 12.0 Å². The lowest BCUT2D eigenvalue weighted by Crippen LogP contribution is -2.43. The lowest BCUT2D eigenvalue weighted by Gasteiger charge is -2.26. The minimum absolute atomic E-state index is 0.00563. The molecule has 174 valence electrons. The van der Waals surface area contributed by atoms with Gasteiger partial charge in [0.25, 0.3) is 11.9 Å². The van der Waals surface area contributed by atoms with Gasteiger partial charge in [-0.2, -0.15) is 0 Å². The Hall–Kier alpha value is -3.73. The van der Waals surface area contributed by atoms with E-state index >= 15 is 0 Å². The second-order valence-electron chi connectivity index (χ2n) is 7.52. The van der Waals surface area contributed by atoms with Crippen molar-refractivity contribution in [1.82, 2.24) is 9.13 Å². The van der Waals surface area contributed by atoms with Crippen LogP contribution in [0.15, 0.2) is 52.1 Å². The van der Waals surface area contributed by atoms with Crippen LogP contribution in [0.4, 0.5) is 24.7 Å². The number of halogens is 3. The molecule has 3 aromatic rings. The number of nitrogens with one attached hydrogen (secondary N) is 1. The number of hydrogen-bond acceptors (Lipinski definition) is 6. The number of ether oxygens (including phenoxy) is 1. The molecule has 2 aromatic carbocycles. The molecule has 0 aliphatic carbocycles. The Labute approximate surface area is 186 Å². The van der Waals surface area contributed by atoms with Crippen molar-refractivity contribution in [1.29, 1.82) is 0 Å². The molecular formula is C22H21F3N4O4. The molecule has 0 bridgehead atoms. The third kappa shape index (κ3) is 4.31. The summed E-state index contributed by atoms with van der Waals surface area (Å²) >= 11 is 0. The fourth-order valence-corrected chi connectivity index (χ4v) is 3.63. The van der Waals surface area contributed by atoms with Crippen molar-refractivity contribution in [3.8, 4) is 5.75 Å². The van der Waals surface area contributed by atoms with E-state index in [0.717, 1.165) is 16.7 Å². The molecule has 1 unspecified atom stereocenters. The Morgan fingerprint density at radius 2 is 1.79 bits per heavy atom. The minimum atomic E-state index is -1.10. The molecule has 1 aliphatic rings. The SMILES string of the molecule is Cn1c2c(c(=O)n(CCCO)c1=O)N(Cc1ccc(F)cc1)C(Oc1ccc(F)c(F)c1)N2. The van der Waals surface area contributed by atoms with Crippen molar-refractivity contribution < 1.29 is 23.0 Å². The topological polar surface area (TPSA) is 88.7 Å². The highest BCUT2D eigenvalue weighted by Crippen LogP contribution is 2.33. The van der Waals surface area contributed by atoms with E-state index in [9.17, 15) is 22.8 Å². The predicted molar refractivity (Wildman–Crippen MR) is 115 cm³/mol. The molecule has 1 aliphatic heterocycles. The first kappa shape index (κ1) is 22.5. The number of benzene rings is 2. The molecule has 2 N–H and O–H groups in total. The standard InChI is InChI=1S/C22H21F3N4O4/c1-27-19-18(20(31)28(22(27)32)9-2-10-30)29(12-13-3-5-14(23)6-4-13)21(26-19)33-15-7-8-16(24)17(25)11-15/h3-8,11,21,26,30H,2,9-10,12H2,1H3. The summed E-state index contributed by atoms with van der Waals surface area (Å²) in [6.07, 6.45) is -0.851. The normalized spacial score (nSPS) is 14.8. The van der Waals surface area contributed by atoms with Gasteiger partial charge in [0.15, 0.2) is 11.6 Å². The number of aliphatic hydroxyl groups is 1.